The number of anilines is 2. The van der Waals surface area contributed by atoms with Gasteiger partial charge in [-0.3, -0.25) is 14.9 Å². The van der Waals surface area contributed by atoms with E-state index in [4.69, 9.17) is 4.42 Å². The molecule has 0 aliphatic carbocycles. The molecule has 0 aliphatic rings. The van der Waals surface area contributed by atoms with Gasteiger partial charge in [-0.15, -0.1) is 0 Å². The van der Waals surface area contributed by atoms with Crippen molar-refractivity contribution in [1.82, 2.24) is 4.98 Å². The van der Waals surface area contributed by atoms with Crippen molar-refractivity contribution in [3.05, 3.63) is 58.5 Å². The number of nitro groups is 1. The van der Waals surface area contributed by atoms with Crippen LogP contribution in [-0.2, 0) is 4.79 Å². The maximum absolute atomic E-state index is 12.3. The van der Waals surface area contributed by atoms with E-state index in [0.29, 0.717) is 22.7 Å². The molecule has 128 valence electrons. The average molecular weight is 340 g/mol. The first-order valence-electron chi connectivity index (χ1n) is 7.61. The van der Waals surface area contributed by atoms with Crippen LogP contribution in [0.15, 0.2) is 46.9 Å². The zero-order valence-electron chi connectivity index (χ0n) is 13.6. The number of aromatic nitrogens is 1. The van der Waals surface area contributed by atoms with E-state index in [1.165, 1.54) is 18.2 Å². The number of nitrogens with zero attached hydrogens (tertiary/aromatic N) is 2. The average Bonchev–Trinajstić information content (AvgIpc) is 2.94. The molecule has 1 unspecified atom stereocenters. The fourth-order valence-electron chi connectivity index (χ4n) is 2.40. The van der Waals surface area contributed by atoms with E-state index in [1.807, 2.05) is 0 Å². The Labute approximate surface area is 143 Å². The lowest BCUT2D eigenvalue weighted by molar-refractivity contribution is -0.384. The van der Waals surface area contributed by atoms with E-state index in [0.717, 1.165) is 5.69 Å². The van der Waals surface area contributed by atoms with Gasteiger partial charge >= 0.3 is 0 Å². The third kappa shape index (κ3) is 3.74. The van der Waals surface area contributed by atoms with Crippen LogP contribution in [0.1, 0.15) is 12.8 Å². The SMILES string of the molecule is Cc1nc2cc(NC(C)C(=O)Nc3cccc([N+](=O)[O-])c3)ccc2o1. The molecule has 1 heterocycles. The van der Waals surface area contributed by atoms with E-state index in [1.54, 1.807) is 38.1 Å². The molecule has 0 spiro atoms. The number of hydrogen-bond donors (Lipinski definition) is 2. The number of amides is 1. The molecule has 0 aliphatic heterocycles. The number of non-ortho nitro benzene ring substituents is 1. The number of oxazole rings is 1. The first kappa shape index (κ1) is 16.4. The number of carbonyl (C=O) groups excluding carboxylic acids is 1. The molecule has 3 aromatic rings. The molecule has 25 heavy (non-hydrogen) atoms. The Balaban J connectivity index is 1.69. The van der Waals surface area contributed by atoms with Gasteiger partial charge in [0.2, 0.25) is 5.91 Å². The predicted molar refractivity (Wildman–Crippen MR) is 93.6 cm³/mol. The van der Waals surface area contributed by atoms with Crippen LogP contribution in [0.4, 0.5) is 17.1 Å². The van der Waals surface area contributed by atoms with Crippen molar-refractivity contribution >= 4 is 34.1 Å². The van der Waals surface area contributed by atoms with Crippen LogP contribution < -0.4 is 10.6 Å². The molecule has 0 saturated carbocycles. The second-order valence-electron chi connectivity index (χ2n) is 5.58. The minimum Gasteiger partial charge on any atom is -0.441 e. The fourth-order valence-corrected chi connectivity index (χ4v) is 2.40. The van der Waals surface area contributed by atoms with Crippen molar-refractivity contribution < 1.29 is 14.1 Å². The Morgan fingerprint density at radius 1 is 1.24 bits per heavy atom. The maximum atomic E-state index is 12.3. The summed E-state index contributed by atoms with van der Waals surface area (Å²) in [7, 11) is 0. The van der Waals surface area contributed by atoms with Gasteiger partial charge in [0.15, 0.2) is 11.5 Å². The third-order valence-corrected chi connectivity index (χ3v) is 3.60. The zero-order valence-corrected chi connectivity index (χ0v) is 13.6. The van der Waals surface area contributed by atoms with Crippen molar-refractivity contribution in [3.63, 3.8) is 0 Å². The van der Waals surface area contributed by atoms with Gasteiger partial charge in [-0.1, -0.05) is 6.07 Å². The minimum atomic E-state index is -0.551. The number of hydrogen-bond acceptors (Lipinski definition) is 6. The molecule has 8 nitrogen and oxygen atoms in total. The molecule has 1 atom stereocenters. The van der Waals surface area contributed by atoms with Crippen molar-refractivity contribution in [3.8, 4) is 0 Å². The Morgan fingerprint density at radius 2 is 2.04 bits per heavy atom. The minimum absolute atomic E-state index is 0.0785. The van der Waals surface area contributed by atoms with Gasteiger partial charge in [-0.25, -0.2) is 4.98 Å². The van der Waals surface area contributed by atoms with Crippen molar-refractivity contribution in [1.29, 1.82) is 0 Å². The number of nitro benzene ring substituents is 1. The van der Waals surface area contributed by atoms with Crippen LogP contribution in [0.25, 0.3) is 11.1 Å². The Bertz CT molecular complexity index is 951. The smallest absolute Gasteiger partial charge is 0.271 e. The molecule has 0 saturated heterocycles. The van der Waals surface area contributed by atoms with Crippen LogP contribution in [-0.4, -0.2) is 21.9 Å². The lowest BCUT2D eigenvalue weighted by Crippen LogP contribution is -2.31. The van der Waals surface area contributed by atoms with Crippen LogP contribution in [0.3, 0.4) is 0 Å². The Hall–Kier alpha value is -3.42. The molecule has 0 radical (unpaired) electrons. The van der Waals surface area contributed by atoms with Crippen molar-refractivity contribution in [2.45, 2.75) is 19.9 Å². The fraction of sp³-hybridized carbons (Fsp3) is 0.176. The maximum Gasteiger partial charge on any atom is 0.271 e. The summed E-state index contributed by atoms with van der Waals surface area (Å²) in [6.45, 7) is 3.47. The van der Waals surface area contributed by atoms with Crippen LogP contribution in [0.5, 0.6) is 0 Å². The molecular weight excluding hydrogens is 324 g/mol. The van der Waals surface area contributed by atoms with E-state index in [-0.39, 0.29) is 11.6 Å². The Morgan fingerprint density at radius 3 is 2.80 bits per heavy atom. The van der Waals surface area contributed by atoms with E-state index in [9.17, 15) is 14.9 Å². The van der Waals surface area contributed by atoms with Crippen molar-refractivity contribution in [2.24, 2.45) is 0 Å². The molecule has 0 bridgehead atoms. The van der Waals surface area contributed by atoms with Gasteiger partial charge in [0.1, 0.15) is 11.6 Å². The van der Waals surface area contributed by atoms with Crippen LogP contribution in [0.2, 0.25) is 0 Å². The van der Waals surface area contributed by atoms with Gasteiger partial charge in [0.25, 0.3) is 5.69 Å². The molecular formula is C17H16N4O4. The van der Waals surface area contributed by atoms with Gasteiger partial charge in [-0.05, 0) is 31.2 Å². The van der Waals surface area contributed by atoms with Gasteiger partial charge in [0, 0.05) is 30.4 Å². The first-order valence-corrected chi connectivity index (χ1v) is 7.61. The lowest BCUT2D eigenvalue weighted by atomic mass is 10.2. The summed E-state index contributed by atoms with van der Waals surface area (Å²) in [5.41, 5.74) is 2.40. The van der Waals surface area contributed by atoms with E-state index < -0.39 is 11.0 Å². The number of aryl methyl sites for hydroxylation is 1. The first-order chi connectivity index (χ1) is 11.9. The second kappa shape index (κ2) is 6.60. The summed E-state index contributed by atoms with van der Waals surface area (Å²) in [6, 6.07) is 10.6. The monoisotopic (exact) mass is 340 g/mol. The standard InChI is InChI=1S/C17H16N4O4/c1-10(17(22)20-12-4-3-5-14(8-12)21(23)24)18-13-6-7-16-15(9-13)19-11(2)25-16/h3-10,18H,1-2H3,(H,20,22). The molecule has 1 aromatic heterocycles. The highest BCUT2D eigenvalue weighted by molar-refractivity contribution is 5.96. The van der Waals surface area contributed by atoms with E-state index in [2.05, 4.69) is 15.6 Å². The summed E-state index contributed by atoms with van der Waals surface area (Å²) in [6.07, 6.45) is 0. The van der Waals surface area contributed by atoms with Gasteiger partial charge in [-0.2, -0.15) is 0 Å². The molecule has 2 aromatic carbocycles. The molecule has 0 fully saturated rings. The summed E-state index contributed by atoms with van der Waals surface area (Å²) >= 11 is 0. The molecule has 1 amide bonds. The van der Waals surface area contributed by atoms with Crippen LogP contribution >= 0.6 is 0 Å². The lowest BCUT2D eigenvalue weighted by Gasteiger charge is -2.15. The van der Waals surface area contributed by atoms with Gasteiger partial charge in [0.05, 0.1) is 4.92 Å². The van der Waals surface area contributed by atoms with Crippen LogP contribution in [0, 0.1) is 17.0 Å². The Kier molecular flexibility index (Phi) is 4.34. The summed E-state index contributed by atoms with van der Waals surface area (Å²) in [5.74, 6) is 0.264. The second-order valence-corrected chi connectivity index (χ2v) is 5.58. The quantitative estimate of drug-likeness (QED) is 0.543. The molecule has 8 heteroatoms. The topological polar surface area (TPSA) is 110 Å². The number of rotatable bonds is 5. The highest BCUT2D eigenvalue weighted by atomic mass is 16.6. The predicted octanol–water partition coefficient (Wildman–Crippen LogP) is 3.48. The normalized spacial score (nSPS) is 11.9. The number of benzene rings is 2. The van der Waals surface area contributed by atoms with Crippen molar-refractivity contribution in [2.75, 3.05) is 10.6 Å². The number of nitrogens with one attached hydrogen (secondary N) is 2. The molecule has 3 rings (SSSR count). The summed E-state index contributed by atoms with van der Waals surface area (Å²) < 4.78 is 5.41. The highest BCUT2D eigenvalue weighted by Gasteiger charge is 2.15. The van der Waals surface area contributed by atoms with Gasteiger partial charge < -0.3 is 15.1 Å². The highest BCUT2D eigenvalue weighted by Crippen LogP contribution is 2.21. The number of fused-ring (bicyclic) bond motifs is 1. The summed E-state index contributed by atoms with van der Waals surface area (Å²) in [4.78, 5) is 26.8. The zero-order chi connectivity index (χ0) is 18.0. The summed E-state index contributed by atoms with van der Waals surface area (Å²) in [5, 5.41) is 16.5. The largest absolute Gasteiger partial charge is 0.441 e. The van der Waals surface area contributed by atoms with E-state index >= 15 is 0 Å². The number of carbonyl (C=O) groups is 1. The molecule has 2 N–H and O–H groups in total. The third-order valence-electron chi connectivity index (χ3n) is 3.60.